The van der Waals surface area contributed by atoms with Gasteiger partial charge in [0, 0.05) is 36.8 Å². The Morgan fingerprint density at radius 2 is 1.85 bits per heavy atom. The summed E-state index contributed by atoms with van der Waals surface area (Å²) in [6, 6.07) is 14.9. The summed E-state index contributed by atoms with van der Waals surface area (Å²) < 4.78 is 1.62. The Kier molecular flexibility index (Phi) is 4.88. The lowest BCUT2D eigenvalue weighted by atomic mass is 9.95. The first-order valence-electron chi connectivity index (χ1n) is 11.1. The first kappa shape index (κ1) is 21.1. The molecule has 3 heterocycles. The summed E-state index contributed by atoms with van der Waals surface area (Å²) in [5.41, 5.74) is 1.74. The molecule has 1 atom stereocenters. The molecule has 1 saturated heterocycles. The monoisotopic (exact) mass is 444 g/mol. The van der Waals surface area contributed by atoms with Crippen LogP contribution in [0.2, 0.25) is 0 Å². The van der Waals surface area contributed by atoms with Crippen LogP contribution < -0.4 is 10.5 Å². The molecule has 1 N–H and O–H groups in total. The Bertz CT molecular complexity index is 1330. The first-order chi connectivity index (χ1) is 15.8. The minimum atomic E-state index is -1.02. The molecule has 1 aromatic heterocycles. The molecule has 2 aliphatic rings. The molecule has 0 bridgehead atoms. The molecule has 3 aromatic rings. The number of carbonyl (C=O) groups excluding carboxylic acids is 1. The number of aliphatic carboxylic acids is 1. The van der Waals surface area contributed by atoms with Gasteiger partial charge in [-0.15, -0.1) is 0 Å². The number of hydrogen-bond donors (Lipinski definition) is 1. The van der Waals surface area contributed by atoms with Crippen LogP contribution in [0.1, 0.15) is 51.0 Å². The fraction of sp³-hybridized carbons (Fsp3) is 0.320. The van der Waals surface area contributed by atoms with Gasteiger partial charge in [-0.1, -0.05) is 50.2 Å². The number of carboxylic acids is 1. The van der Waals surface area contributed by atoms with Gasteiger partial charge in [0.2, 0.25) is 5.91 Å². The second kappa shape index (κ2) is 7.65. The number of fused-ring (bicyclic) bond motifs is 6. The van der Waals surface area contributed by atoms with Crippen LogP contribution in [0.4, 0.5) is 5.69 Å². The van der Waals surface area contributed by atoms with Crippen LogP contribution in [0.3, 0.4) is 0 Å². The van der Waals surface area contributed by atoms with E-state index in [1.165, 1.54) is 0 Å². The average molecular weight is 444 g/mol. The third-order valence-corrected chi connectivity index (χ3v) is 6.59. The molecule has 2 aliphatic heterocycles. The van der Waals surface area contributed by atoms with Crippen LogP contribution in [0.15, 0.2) is 53.3 Å². The van der Waals surface area contributed by atoms with Crippen LogP contribution in [-0.2, 0) is 15.3 Å². The molecule has 1 amide bonds. The largest absolute Gasteiger partial charge is 0.481 e. The van der Waals surface area contributed by atoms with Gasteiger partial charge in [0.15, 0.2) is 11.5 Å². The maximum absolute atomic E-state index is 13.1. The van der Waals surface area contributed by atoms with Gasteiger partial charge in [0.1, 0.15) is 5.66 Å². The van der Waals surface area contributed by atoms with E-state index in [0.29, 0.717) is 35.0 Å². The summed E-state index contributed by atoms with van der Waals surface area (Å²) in [7, 11) is 0. The van der Waals surface area contributed by atoms with Gasteiger partial charge in [-0.05, 0) is 23.6 Å². The normalized spacial score (nSPS) is 18.8. The summed E-state index contributed by atoms with van der Waals surface area (Å²) in [5.74, 6) is -0.345. The van der Waals surface area contributed by atoms with Crippen molar-refractivity contribution < 1.29 is 14.7 Å². The Balaban J connectivity index is 1.75. The molecule has 33 heavy (non-hydrogen) atoms. The van der Waals surface area contributed by atoms with Crippen molar-refractivity contribution >= 4 is 17.6 Å². The lowest BCUT2D eigenvalue weighted by Gasteiger charge is -2.44. The maximum Gasteiger partial charge on any atom is 0.303 e. The Hall–Kier alpha value is -3.81. The standard InChI is InChI=1S/C25H24N4O4/c1-15(2)16-7-9-17(10-8-16)22-24(33)26-23-18-5-3-4-6-19(18)28-20(30)11-13-25(28,29(23)27-22)14-12-21(31)32/h3-10,15H,11-14H2,1-2H3,(H,31,32)/t25-/m1/s1. The van der Waals surface area contributed by atoms with Crippen LogP contribution in [0.25, 0.3) is 22.6 Å². The highest BCUT2D eigenvalue weighted by molar-refractivity contribution is 6.01. The first-order valence-corrected chi connectivity index (χ1v) is 11.1. The molecule has 0 saturated carbocycles. The molecule has 2 aromatic carbocycles. The summed E-state index contributed by atoms with van der Waals surface area (Å²) in [4.78, 5) is 43.7. The SMILES string of the molecule is CC(C)c1ccc(-c2nn3c(nc2=O)-c2ccccc2N2C(=O)CC[C@@]23CCC(=O)O)cc1. The minimum absolute atomic E-state index is 0.0955. The smallest absolute Gasteiger partial charge is 0.303 e. The number of anilines is 1. The number of nitrogens with zero attached hydrogens (tertiary/aromatic N) is 4. The molecule has 8 heteroatoms. The molecule has 1 fully saturated rings. The van der Waals surface area contributed by atoms with Crippen molar-refractivity contribution in [2.75, 3.05) is 4.90 Å². The molecule has 5 rings (SSSR count). The summed E-state index contributed by atoms with van der Waals surface area (Å²) >= 11 is 0. The van der Waals surface area contributed by atoms with Crippen molar-refractivity contribution in [1.29, 1.82) is 0 Å². The Labute approximate surface area is 190 Å². The van der Waals surface area contributed by atoms with E-state index in [9.17, 15) is 19.5 Å². The van der Waals surface area contributed by atoms with Gasteiger partial charge in [-0.3, -0.25) is 19.3 Å². The highest BCUT2D eigenvalue weighted by atomic mass is 16.4. The fourth-order valence-corrected chi connectivity index (χ4v) is 4.89. The number of carboxylic acid groups (broad SMARTS) is 1. The van der Waals surface area contributed by atoms with Gasteiger partial charge in [-0.2, -0.15) is 10.1 Å². The predicted octanol–water partition coefficient (Wildman–Crippen LogP) is 3.75. The lowest BCUT2D eigenvalue weighted by Crippen LogP contribution is -2.53. The van der Waals surface area contributed by atoms with Gasteiger partial charge in [0.05, 0.1) is 5.69 Å². The number of rotatable bonds is 5. The highest BCUT2D eigenvalue weighted by Crippen LogP contribution is 2.49. The molecule has 8 nitrogen and oxygen atoms in total. The molecule has 0 radical (unpaired) electrons. The van der Waals surface area contributed by atoms with Gasteiger partial charge >= 0.3 is 5.97 Å². The van der Waals surface area contributed by atoms with Gasteiger partial charge < -0.3 is 5.11 Å². The van der Waals surface area contributed by atoms with E-state index < -0.39 is 17.2 Å². The number of benzene rings is 2. The minimum Gasteiger partial charge on any atom is -0.481 e. The molecule has 0 spiro atoms. The van der Waals surface area contributed by atoms with Crippen LogP contribution >= 0.6 is 0 Å². The molecular formula is C25H24N4O4. The van der Waals surface area contributed by atoms with Gasteiger partial charge in [0.25, 0.3) is 5.56 Å². The zero-order chi connectivity index (χ0) is 23.3. The quantitative estimate of drug-likeness (QED) is 0.642. The summed E-state index contributed by atoms with van der Waals surface area (Å²) in [6.45, 7) is 4.19. The zero-order valence-electron chi connectivity index (χ0n) is 18.5. The predicted molar refractivity (Wildman–Crippen MR) is 123 cm³/mol. The van der Waals surface area contributed by atoms with Crippen molar-refractivity contribution in [1.82, 2.24) is 14.8 Å². The van der Waals surface area contributed by atoms with Crippen LogP contribution in [0, 0.1) is 0 Å². The average Bonchev–Trinajstić information content (AvgIpc) is 3.15. The third-order valence-electron chi connectivity index (χ3n) is 6.59. The molecule has 0 unspecified atom stereocenters. The van der Waals surface area contributed by atoms with E-state index in [4.69, 9.17) is 5.10 Å². The fourth-order valence-electron chi connectivity index (χ4n) is 4.89. The maximum atomic E-state index is 13.1. The van der Waals surface area contributed by atoms with Crippen molar-refractivity contribution in [2.45, 2.75) is 51.1 Å². The van der Waals surface area contributed by atoms with Crippen molar-refractivity contribution in [3.63, 3.8) is 0 Å². The van der Waals surface area contributed by atoms with E-state index in [1.54, 1.807) is 15.6 Å². The van der Waals surface area contributed by atoms with E-state index in [2.05, 4.69) is 18.8 Å². The van der Waals surface area contributed by atoms with E-state index in [0.717, 1.165) is 5.56 Å². The van der Waals surface area contributed by atoms with Crippen LogP contribution in [0.5, 0.6) is 0 Å². The highest BCUT2D eigenvalue weighted by Gasteiger charge is 2.53. The number of carbonyl (C=O) groups is 2. The third kappa shape index (κ3) is 3.25. The van der Waals surface area contributed by atoms with Crippen LogP contribution in [-0.4, -0.2) is 31.7 Å². The van der Waals surface area contributed by atoms with Crippen molar-refractivity contribution in [3.05, 3.63) is 64.4 Å². The Morgan fingerprint density at radius 3 is 2.55 bits per heavy atom. The lowest BCUT2D eigenvalue weighted by molar-refractivity contribution is -0.137. The van der Waals surface area contributed by atoms with Gasteiger partial charge in [-0.25, -0.2) is 4.68 Å². The topological polar surface area (TPSA) is 105 Å². The Morgan fingerprint density at radius 1 is 1.12 bits per heavy atom. The summed E-state index contributed by atoms with van der Waals surface area (Å²) in [5, 5.41) is 14.2. The molecule has 168 valence electrons. The van der Waals surface area contributed by atoms with Crippen molar-refractivity contribution in [3.8, 4) is 22.6 Å². The summed E-state index contributed by atoms with van der Waals surface area (Å²) in [6.07, 6.45) is 0.680. The molecular weight excluding hydrogens is 420 g/mol. The number of hydrogen-bond acceptors (Lipinski definition) is 5. The van der Waals surface area contributed by atoms with Crippen molar-refractivity contribution in [2.24, 2.45) is 0 Å². The number of para-hydroxylation sites is 1. The zero-order valence-corrected chi connectivity index (χ0v) is 18.5. The number of amides is 1. The number of aromatic nitrogens is 3. The van der Waals surface area contributed by atoms with E-state index in [1.807, 2.05) is 42.5 Å². The second-order valence-electron chi connectivity index (χ2n) is 8.90. The van der Waals surface area contributed by atoms with E-state index >= 15 is 0 Å². The molecule has 0 aliphatic carbocycles. The van der Waals surface area contributed by atoms with E-state index in [-0.39, 0.29) is 30.9 Å². The second-order valence-corrected chi connectivity index (χ2v) is 8.90.